The Morgan fingerprint density at radius 1 is 1.28 bits per heavy atom. The number of aromatic amines is 1. The molecule has 0 aliphatic carbocycles. The van der Waals surface area contributed by atoms with Crippen molar-refractivity contribution in [3.05, 3.63) is 68.4 Å². The molecular weight excluding hydrogens is 384 g/mol. The molecule has 2 heterocycles. The Hall–Kier alpha value is -2.60. The van der Waals surface area contributed by atoms with Crippen molar-refractivity contribution in [1.29, 1.82) is 0 Å². The Bertz CT molecular complexity index is 1010. The third-order valence-corrected chi connectivity index (χ3v) is 4.49. The molecule has 1 aliphatic rings. The Morgan fingerprint density at radius 3 is 3.00 bits per heavy atom. The molecule has 5 nitrogen and oxygen atoms in total. The summed E-state index contributed by atoms with van der Waals surface area (Å²) in [5, 5.41) is 0. The lowest BCUT2D eigenvalue weighted by Crippen LogP contribution is -2.20. The minimum absolute atomic E-state index is 0.188. The molecule has 1 aliphatic heterocycles. The van der Waals surface area contributed by atoms with Crippen LogP contribution in [0, 0.1) is 0 Å². The lowest BCUT2D eigenvalue weighted by molar-refractivity contribution is 0.340. The van der Waals surface area contributed by atoms with Gasteiger partial charge in [0.25, 0.3) is 5.56 Å². The van der Waals surface area contributed by atoms with Gasteiger partial charge in [0, 0.05) is 22.0 Å². The molecule has 0 spiro atoms. The molecule has 1 aromatic heterocycles. The van der Waals surface area contributed by atoms with Gasteiger partial charge in [-0.2, -0.15) is 4.98 Å². The SMILES string of the molecule is CCOc1cccc(-c2nc3c(c(=O)[nH]2)Cc2cc(Br)ccc2O3)c1. The molecule has 0 unspecified atom stereocenters. The predicted molar refractivity (Wildman–Crippen MR) is 98.5 cm³/mol. The number of fused-ring (bicyclic) bond motifs is 2. The maximum atomic E-state index is 12.5. The van der Waals surface area contributed by atoms with Crippen LogP contribution in [0.4, 0.5) is 0 Å². The number of aromatic nitrogens is 2. The molecule has 0 amide bonds. The summed E-state index contributed by atoms with van der Waals surface area (Å²) in [7, 11) is 0. The average Bonchev–Trinajstić information content (AvgIpc) is 2.61. The van der Waals surface area contributed by atoms with Crippen LogP contribution in [0.5, 0.6) is 17.4 Å². The van der Waals surface area contributed by atoms with Crippen LogP contribution in [0.15, 0.2) is 51.7 Å². The van der Waals surface area contributed by atoms with E-state index in [-0.39, 0.29) is 5.56 Å². The van der Waals surface area contributed by atoms with Crippen LogP contribution in [0.1, 0.15) is 18.1 Å². The lowest BCUT2D eigenvalue weighted by Gasteiger charge is -2.19. The number of halogens is 1. The number of H-pyrrole nitrogens is 1. The fraction of sp³-hybridized carbons (Fsp3) is 0.158. The fourth-order valence-corrected chi connectivity index (χ4v) is 3.24. The summed E-state index contributed by atoms with van der Waals surface area (Å²) in [6, 6.07) is 13.2. The summed E-state index contributed by atoms with van der Waals surface area (Å²) in [6.07, 6.45) is 0.492. The van der Waals surface area contributed by atoms with E-state index < -0.39 is 0 Å². The second-order valence-electron chi connectivity index (χ2n) is 5.69. The number of rotatable bonds is 3. The Morgan fingerprint density at radius 2 is 2.16 bits per heavy atom. The van der Waals surface area contributed by atoms with E-state index in [2.05, 4.69) is 25.9 Å². The monoisotopic (exact) mass is 398 g/mol. The molecule has 25 heavy (non-hydrogen) atoms. The molecule has 0 saturated heterocycles. The van der Waals surface area contributed by atoms with Gasteiger partial charge in [-0.15, -0.1) is 0 Å². The predicted octanol–water partition coefficient (Wildman–Crippen LogP) is 4.29. The molecule has 126 valence electrons. The molecule has 3 aromatic rings. The van der Waals surface area contributed by atoms with Gasteiger partial charge in [-0.1, -0.05) is 28.1 Å². The van der Waals surface area contributed by atoms with Crippen molar-refractivity contribution >= 4 is 15.9 Å². The minimum Gasteiger partial charge on any atom is -0.494 e. The Balaban J connectivity index is 1.76. The second-order valence-corrected chi connectivity index (χ2v) is 6.61. The summed E-state index contributed by atoms with van der Waals surface area (Å²) in [5.41, 5.74) is 2.08. The van der Waals surface area contributed by atoms with E-state index in [1.54, 1.807) is 0 Å². The molecule has 6 heteroatoms. The highest BCUT2D eigenvalue weighted by Gasteiger charge is 2.22. The van der Waals surface area contributed by atoms with E-state index in [1.807, 2.05) is 49.4 Å². The van der Waals surface area contributed by atoms with E-state index in [9.17, 15) is 4.79 Å². The van der Waals surface area contributed by atoms with Crippen LogP contribution in [0.25, 0.3) is 11.4 Å². The van der Waals surface area contributed by atoms with Gasteiger partial charge in [0.2, 0.25) is 5.88 Å². The smallest absolute Gasteiger partial charge is 0.258 e. The summed E-state index contributed by atoms with van der Waals surface area (Å²) < 4.78 is 12.3. The zero-order valence-corrected chi connectivity index (χ0v) is 15.1. The van der Waals surface area contributed by atoms with Gasteiger partial charge in [-0.25, -0.2) is 0 Å². The highest BCUT2D eigenvalue weighted by Crippen LogP contribution is 2.35. The van der Waals surface area contributed by atoms with Crippen molar-refractivity contribution in [3.8, 4) is 28.8 Å². The third-order valence-electron chi connectivity index (χ3n) is 3.99. The molecule has 0 radical (unpaired) electrons. The minimum atomic E-state index is -0.188. The largest absolute Gasteiger partial charge is 0.494 e. The van der Waals surface area contributed by atoms with Crippen LogP contribution < -0.4 is 15.0 Å². The molecule has 0 bridgehead atoms. The first-order valence-electron chi connectivity index (χ1n) is 7.96. The highest BCUT2D eigenvalue weighted by atomic mass is 79.9. The van der Waals surface area contributed by atoms with Crippen molar-refractivity contribution in [1.82, 2.24) is 9.97 Å². The second kappa shape index (κ2) is 6.37. The van der Waals surface area contributed by atoms with Gasteiger partial charge in [0.05, 0.1) is 12.2 Å². The highest BCUT2D eigenvalue weighted by molar-refractivity contribution is 9.10. The molecule has 2 aromatic carbocycles. The van der Waals surface area contributed by atoms with Crippen LogP contribution >= 0.6 is 15.9 Å². The lowest BCUT2D eigenvalue weighted by atomic mass is 10.0. The number of hydrogen-bond acceptors (Lipinski definition) is 4. The Kier molecular flexibility index (Phi) is 4.05. The van der Waals surface area contributed by atoms with Crippen molar-refractivity contribution in [3.63, 3.8) is 0 Å². The van der Waals surface area contributed by atoms with Gasteiger partial charge in [0.1, 0.15) is 17.3 Å². The van der Waals surface area contributed by atoms with Gasteiger partial charge >= 0.3 is 0 Å². The maximum absolute atomic E-state index is 12.5. The number of ether oxygens (including phenoxy) is 2. The summed E-state index contributed by atoms with van der Waals surface area (Å²) in [6.45, 7) is 2.50. The van der Waals surface area contributed by atoms with E-state index in [4.69, 9.17) is 9.47 Å². The molecule has 0 fully saturated rings. The molecule has 0 atom stereocenters. The van der Waals surface area contributed by atoms with E-state index >= 15 is 0 Å². The third kappa shape index (κ3) is 3.05. The Labute approximate surface area is 152 Å². The number of nitrogens with zero attached hydrogens (tertiary/aromatic N) is 1. The van der Waals surface area contributed by atoms with Gasteiger partial charge in [-0.05, 0) is 37.3 Å². The molecular formula is C19H15BrN2O3. The van der Waals surface area contributed by atoms with Crippen molar-refractivity contribution < 1.29 is 9.47 Å². The number of nitrogens with one attached hydrogen (secondary N) is 1. The van der Waals surface area contributed by atoms with Crippen molar-refractivity contribution in [2.24, 2.45) is 0 Å². The molecule has 4 rings (SSSR count). The van der Waals surface area contributed by atoms with Crippen LogP contribution in [-0.2, 0) is 6.42 Å². The van der Waals surface area contributed by atoms with Crippen LogP contribution in [0.3, 0.4) is 0 Å². The fourth-order valence-electron chi connectivity index (χ4n) is 2.83. The van der Waals surface area contributed by atoms with E-state index in [0.29, 0.717) is 30.3 Å². The first-order chi connectivity index (χ1) is 12.1. The maximum Gasteiger partial charge on any atom is 0.258 e. The quantitative estimate of drug-likeness (QED) is 0.558. The van der Waals surface area contributed by atoms with Crippen molar-refractivity contribution in [2.75, 3.05) is 6.61 Å². The number of benzene rings is 2. The first-order valence-corrected chi connectivity index (χ1v) is 8.76. The standard InChI is InChI=1S/C19H15BrN2O3/c1-2-24-14-5-3-4-11(9-14)17-21-18(23)15-10-12-8-13(20)6-7-16(12)25-19(15)22-17/h3-9H,2,10H2,1H3,(H,21,22,23). The van der Waals surface area contributed by atoms with Crippen molar-refractivity contribution in [2.45, 2.75) is 13.3 Å². The topological polar surface area (TPSA) is 64.2 Å². The molecule has 0 saturated carbocycles. The first kappa shape index (κ1) is 15.9. The van der Waals surface area contributed by atoms with Gasteiger partial charge in [-0.3, -0.25) is 4.79 Å². The summed E-state index contributed by atoms with van der Waals surface area (Å²) >= 11 is 3.44. The van der Waals surface area contributed by atoms with Gasteiger partial charge in [0.15, 0.2) is 0 Å². The zero-order valence-electron chi connectivity index (χ0n) is 13.5. The van der Waals surface area contributed by atoms with E-state index in [1.165, 1.54) is 0 Å². The normalized spacial score (nSPS) is 12.1. The average molecular weight is 399 g/mol. The van der Waals surface area contributed by atoms with Crippen LogP contribution in [0.2, 0.25) is 0 Å². The van der Waals surface area contributed by atoms with E-state index in [0.717, 1.165) is 27.1 Å². The van der Waals surface area contributed by atoms with Crippen LogP contribution in [-0.4, -0.2) is 16.6 Å². The number of hydrogen-bond donors (Lipinski definition) is 1. The van der Waals surface area contributed by atoms with Gasteiger partial charge < -0.3 is 14.5 Å². The summed E-state index contributed by atoms with van der Waals surface area (Å²) in [4.78, 5) is 19.9. The zero-order chi connectivity index (χ0) is 17.4. The molecule has 1 N–H and O–H groups in total. The summed E-state index contributed by atoms with van der Waals surface area (Å²) in [5.74, 6) is 2.28.